The Morgan fingerprint density at radius 1 is 0.500 bits per heavy atom. The summed E-state index contributed by atoms with van der Waals surface area (Å²) in [6.07, 6.45) is 20.4. The van der Waals surface area contributed by atoms with Crippen LogP contribution in [0.3, 0.4) is 0 Å². The predicted octanol–water partition coefficient (Wildman–Crippen LogP) is 6.67. The standard InChI is InChI=1S/C16H34.2C2H4O2/c1-3-5-7-9-11-13-15-16-14-12-10-8-6-4-2;2*1-2(3)4/h3-16H2,1-2H3;2*1H3,(H,3,4). The lowest BCUT2D eigenvalue weighted by molar-refractivity contribution is -0.135. The van der Waals surface area contributed by atoms with Crippen molar-refractivity contribution < 1.29 is 19.8 Å². The average molecular weight is 347 g/mol. The first-order chi connectivity index (χ1) is 11.4. The van der Waals surface area contributed by atoms with Crippen molar-refractivity contribution in [2.75, 3.05) is 0 Å². The molecule has 0 unspecified atom stereocenters. The molecule has 0 aliphatic carbocycles. The number of carboxylic acids is 2. The van der Waals surface area contributed by atoms with Crippen LogP contribution in [-0.4, -0.2) is 22.2 Å². The van der Waals surface area contributed by atoms with E-state index < -0.39 is 11.9 Å². The Balaban J connectivity index is -0.000000457. The number of carbonyl (C=O) groups is 2. The van der Waals surface area contributed by atoms with Gasteiger partial charge in [-0.05, 0) is 0 Å². The number of hydrogen-bond acceptors (Lipinski definition) is 2. The van der Waals surface area contributed by atoms with Gasteiger partial charge in [0.05, 0.1) is 0 Å². The number of aliphatic carboxylic acids is 2. The molecule has 0 amide bonds. The topological polar surface area (TPSA) is 74.6 Å². The molecular weight excluding hydrogens is 304 g/mol. The SMILES string of the molecule is CC(=O)O.CC(=O)O.CCCCCCCCCCCCCCCC. The molecule has 0 saturated heterocycles. The molecule has 146 valence electrons. The van der Waals surface area contributed by atoms with Crippen LogP contribution in [-0.2, 0) is 9.59 Å². The van der Waals surface area contributed by atoms with Crippen LogP contribution in [0.1, 0.15) is 118 Å². The van der Waals surface area contributed by atoms with Gasteiger partial charge in [-0.1, -0.05) is 104 Å². The van der Waals surface area contributed by atoms with Crippen LogP contribution in [0.2, 0.25) is 0 Å². The third-order valence-electron chi connectivity index (χ3n) is 3.46. The Kier molecular flexibility index (Phi) is 31.0. The first-order valence-corrected chi connectivity index (χ1v) is 9.77. The van der Waals surface area contributed by atoms with Crippen molar-refractivity contribution in [2.24, 2.45) is 0 Å². The molecule has 0 rings (SSSR count). The highest BCUT2D eigenvalue weighted by atomic mass is 16.4. The molecule has 24 heavy (non-hydrogen) atoms. The lowest BCUT2D eigenvalue weighted by Crippen LogP contribution is -1.82. The summed E-state index contributed by atoms with van der Waals surface area (Å²) < 4.78 is 0. The predicted molar refractivity (Wildman–Crippen MR) is 103 cm³/mol. The van der Waals surface area contributed by atoms with Gasteiger partial charge in [0, 0.05) is 13.8 Å². The Morgan fingerprint density at radius 3 is 0.750 bits per heavy atom. The lowest BCUT2D eigenvalue weighted by atomic mass is 10.0. The molecule has 0 heterocycles. The van der Waals surface area contributed by atoms with Crippen molar-refractivity contribution in [3.05, 3.63) is 0 Å². The van der Waals surface area contributed by atoms with Crippen LogP contribution in [0.4, 0.5) is 0 Å². The molecule has 0 radical (unpaired) electrons. The second-order valence-corrected chi connectivity index (χ2v) is 6.28. The second kappa shape index (κ2) is 26.8. The van der Waals surface area contributed by atoms with Gasteiger partial charge in [-0.15, -0.1) is 0 Å². The fourth-order valence-electron chi connectivity index (χ4n) is 2.27. The van der Waals surface area contributed by atoms with Crippen LogP contribution in [0.15, 0.2) is 0 Å². The van der Waals surface area contributed by atoms with E-state index in [9.17, 15) is 0 Å². The van der Waals surface area contributed by atoms with E-state index in [1.165, 1.54) is 89.9 Å². The average Bonchev–Trinajstić information content (AvgIpc) is 2.47. The van der Waals surface area contributed by atoms with Gasteiger partial charge in [0.1, 0.15) is 0 Å². The summed E-state index contributed by atoms with van der Waals surface area (Å²) >= 11 is 0. The maximum atomic E-state index is 9.00. The van der Waals surface area contributed by atoms with Crippen molar-refractivity contribution >= 4 is 11.9 Å². The largest absolute Gasteiger partial charge is 0.481 e. The van der Waals surface area contributed by atoms with E-state index in [1.54, 1.807) is 0 Å². The highest BCUT2D eigenvalue weighted by Gasteiger charge is 1.92. The summed E-state index contributed by atoms with van der Waals surface area (Å²) in [5, 5.41) is 14.8. The lowest BCUT2D eigenvalue weighted by Gasteiger charge is -2.02. The van der Waals surface area contributed by atoms with Crippen molar-refractivity contribution in [3.63, 3.8) is 0 Å². The van der Waals surface area contributed by atoms with Gasteiger partial charge in [0.2, 0.25) is 0 Å². The summed E-state index contributed by atoms with van der Waals surface area (Å²) in [5.74, 6) is -1.67. The molecule has 0 fully saturated rings. The Labute approximate surface area is 150 Å². The zero-order chi connectivity index (χ0) is 19.1. The second-order valence-electron chi connectivity index (χ2n) is 6.28. The van der Waals surface area contributed by atoms with Crippen LogP contribution >= 0.6 is 0 Å². The molecule has 0 aliphatic heterocycles. The molecule has 0 atom stereocenters. The summed E-state index contributed by atoms with van der Waals surface area (Å²) in [6.45, 7) is 6.75. The van der Waals surface area contributed by atoms with E-state index in [4.69, 9.17) is 19.8 Å². The minimum absolute atomic E-state index is 0.833. The Bertz CT molecular complexity index is 218. The van der Waals surface area contributed by atoms with E-state index >= 15 is 0 Å². The van der Waals surface area contributed by atoms with Crippen molar-refractivity contribution in [2.45, 2.75) is 118 Å². The monoisotopic (exact) mass is 346 g/mol. The van der Waals surface area contributed by atoms with Gasteiger partial charge >= 0.3 is 0 Å². The van der Waals surface area contributed by atoms with Gasteiger partial charge in [0.15, 0.2) is 0 Å². The van der Waals surface area contributed by atoms with Gasteiger partial charge in [-0.2, -0.15) is 0 Å². The van der Waals surface area contributed by atoms with E-state index in [-0.39, 0.29) is 0 Å². The number of carboxylic acid groups (broad SMARTS) is 2. The third kappa shape index (κ3) is 58.4. The maximum absolute atomic E-state index is 9.00. The normalized spacial score (nSPS) is 9.33. The van der Waals surface area contributed by atoms with Gasteiger partial charge in [-0.3, -0.25) is 9.59 Å². The van der Waals surface area contributed by atoms with Gasteiger partial charge in [-0.25, -0.2) is 0 Å². The first-order valence-electron chi connectivity index (χ1n) is 9.77. The van der Waals surface area contributed by atoms with Gasteiger partial charge < -0.3 is 10.2 Å². The van der Waals surface area contributed by atoms with Crippen molar-refractivity contribution in [1.29, 1.82) is 0 Å². The Hall–Kier alpha value is -1.06. The van der Waals surface area contributed by atoms with Gasteiger partial charge in [0.25, 0.3) is 11.9 Å². The molecule has 0 aromatic heterocycles. The fraction of sp³-hybridized carbons (Fsp3) is 0.900. The quantitative estimate of drug-likeness (QED) is 0.365. The van der Waals surface area contributed by atoms with Crippen LogP contribution < -0.4 is 0 Å². The molecule has 0 aromatic rings. The molecule has 0 saturated carbocycles. The minimum Gasteiger partial charge on any atom is -0.481 e. The molecule has 0 bridgehead atoms. The number of rotatable bonds is 13. The van der Waals surface area contributed by atoms with Crippen LogP contribution in [0.5, 0.6) is 0 Å². The zero-order valence-electron chi connectivity index (χ0n) is 16.6. The Morgan fingerprint density at radius 2 is 0.625 bits per heavy atom. The molecule has 0 spiro atoms. The van der Waals surface area contributed by atoms with Crippen molar-refractivity contribution in [1.82, 2.24) is 0 Å². The van der Waals surface area contributed by atoms with E-state index in [1.807, 2.05) is 0 Å². The van der Waals surface area contributed by atoms with E-state index in [0.717, 1.165) is 13.8 Å². The molecule has 0 aromatic carbocycles. The zero-order valence-corrected chi connectivity index (χ0v) is 16.6. The summed E-state index contributed by atoms with van der Waals surface area (Å²) in [5.41, 5.74) is 0. The molecule has 2 N–H and O–H groups in total. The van der Waals surface area contributed by atoms with E-state index in [2.05, 4.69) is 13.8 Å². The molecular formula is C20H42O4. The smallest absolute Gasteiger partial charge is 0.300 e. The summed E-state index contributed by atoms with van der Waals surface area (Å²) in [4.78, 5) is 18.0. The minimum atomic E-state index is -0.833. The van der Waals surface area contributed by atoms with Crippen LogP contribution in [0.25, 0.3) is 0 Å². The third-order valence-corrected chi connectivity index (χ3v) is 3.46. The summed E-state index contributed by atoms with van der Waals surface area (Å²) in [7, 11) is 0. The first kappa shape index (κ1) is 27.8. The molecule has 4 nitrogen and oxygen atoms in total. The fourth-order valence-corrected chi connectivity index (χ4v) is 2.27. The van der Waals surface area contributed by atoms with E-state index in [0.29, 0.717) is 0 Å². The highest BCUT2D eigenvalue weighted by molar-refractivity contribution is 5.63. The van der Waals surface area contributed by atoms with Crippen molar-refractivity contribution in [3.8, 4) is 0 Å². The highest BCUT2D eigenvalue weighted by Crippen LogP contribution is 2.12. The maximum Gasteiger partial charge on any atom is 0.300 e. The summed E-state index contributed by atoms with van der Waals surface area (Å²) in [6, 6.07) is 0. The molecule has 0 aliphatic rings. The number of unbranched alkanes of at least 4 members (excludes halogenated alkanes) is 13. The van der Waals surface area contributed by atoms with Crippen LogP contribution in [0, 0.1) is 0 Å². The number of hydrogen-bond donors (Lipinski definition) is 2. The molecule has 4 heteroatoms.